The number of rotatable bonds is 4. The zero-order valence-corrected chi connectivity index (χ0v) is 17.2. The lowest BCUT2D eigenvalue weighted by atomic mass is 9.92. The minimum Gasteiger partial charge on any atom is -0.469 e. The van der Waals surface area contributed by atoms with Crippen LogP contribution >= 0.6 is 0 Å². The highest BCUT2D eigenvalue weighted by Crippen LogP contribution is 2.30. The highest BCUT2D eigenvalue weighted by molar-refractivity contribution is 6.00. The summed E-state index contributed by atoms with van der Waals surface area (Å²) in [6.45, 7) is 1.18. The Morgan fingerprint density at radius 3 is 2.67 bits per heavy atom. The summed E-state index contributed by atoms with van der Waals surface area (Å²) in [5, 5.41) is 13.3. The molecule has 1 aromatic carbocycles. The zero-order valence-electron chi connectivity index (χ0n) is 17.2. The maximum absolute atomic E-state index is 11.8. The highest BCUT2D eigenvalue weighted by Gasteiger charge is 2.29. The summed E-state index contributed by atoms with van der Waals surface area (Å²) in [5.41, 5.74) is 3.34. The molecule has 7 heteroatoms. The average Bonchev–Trinajstić information content (AvgIpc) is 2.80. The van der Waals surface area contributed by atoms with Crippen LogP contribution < -0.4 is 4.74 Å². The Morgan fingerprint density at radius 1 is 1.17 bits per heavy atom. The molecule has 0 radical (unpaired) electrons. The normalized spacial score (nSPS) is 17.4. The van der Waals surface area contributed by atoms with Crippen molar-refractivity contribution in [1.82, 2.24) is 9.88 Å². The lowest BCUT2D eigenvalue weighted by Crippen LogP contribution is -2.41. The third kappa shape index (κ3) is 4.25. The number of methoxy groups -OCH3 is 1. The summed E-state index contributed by atoms with van der Waals surface area (Å²) in [6.07, 6.45) is 7.58. The number of hydrogen-bond acceptors (Lipinski definition) is 6. The van der Waals surface area contributed by atoms with E-state index in [1.807, 2.05) is 17.0 Å². The fraction of sp³-hybridized carbons (Fsp3) is 0.435. The Labute approximate surface area is 176 Å². The summed E-state index contributed by atoms with van der Waals surface area (Å²) < 4.78 is 11.0. The fourth-order valence-corrected chi connectivity index (χ4v) is 4.31. The number of carbonyl (C=O) groups excluding carboxylic acids is 1. The molecule has 2 heterocycles. The van der Waals surface area contributed by atoms with Gasteiger partial charge in [0.15, 0.2) is 5.84 Å². The molecule has 0 spiro atoms. The summed E-state index contributed by atoms with van der Waals surface area (Å²) in [6, 6.07) is 9.82. The van der Waals surface area contributed by atoms with Crippen LogP contribution in [0.2, 0.25) is 0 Å². The first-order chi connectivity index (χ1) is 14.7. The first-order valence-corrected chi connectivity index (χ1v) is 10.5. The van der Waals surface area contributed by atoms with E-state index in [1.165, 1.54) is 31.1 Å². The van der Waals surface area contributed by atoms with Crippen LogP contribution in [-0.4, -0.2) is 47.1 Å². The van der Waals surface area contributed by atoms with Crippen molar-refractivity contribution in [2.24, 2.45) is 11.1 Å². The molecule has 0 atom stereocenters. The number of pyridine rings is 1. The number of likely N-dealkylation sites (tertiary alicyclic amines) is 1. The Hall–Kier alpha value is -3.09. The highest BCUT2D eigenvalue weighted by atomic mass is 16.5. The van der Waals surface area contributed by atoms with E-state index in [0.29, 0.717) is 43.2 Å². The number of aromatic nitrogens is 1. The van der Waals surface area contributed by atoms with Crippen LogP contribution in [0.1, 0.15) is 42.4 Å². The Bertz CT molecular complexity index is 936. The van der Waals surface area contributed by atoms with E-state index < -0.39 is 0 Å². The van der Waals surface area contributed by atoms with Gasteiger partial charge in [0.25, 0.3) is 0 Å². The van der Waals surface area contributed by atoms with Gasteiger partial charge in [0.1, 0.15) is 5.75 Å². The number of aryl methyl sites for hydroxylation is 2. The van der Waals surface area contributed by atoms with Crippen molar-refractivity contribution >= 4 is 11.8 Å². The molecule has 1 saturated heterocycles. The average molecular weight is 409 g/mol. The molecule has 4 rings (SSSR count). The van der Waals surface area contributed by atoms with Crippen LogP contribution in [0.4, 0.5) is 0 Å². The summed E-state index contributed by atoms with van der Waals surface area (Å²) >= 11 is 0. The molecule has 0 bridgehead atoms. The second-order valence-electron chi connectivity index (χ2n) is 7.80. The van der Waals surface area contributed by atoms with Crippen molar-refractivity contribution in [3.8, 4) is 11.6 Å². The van der Waals surface area contributed by atoms with Gasteiger partial charge in [0.05, 0.1) is 18.6 Å². The molecule has 30 heavy (non-hydrogen) atoms. The van der Waals surface area contributed by atoms with Crippen molar-refractivity contribution in [3.63, 3.8) is 0 Å². The molecule has 0 amide bonds. The van der Waals surface area contributed by atoms with E-state index in [2.05, 4.69) is 22.3 Å². The Balaban J connectivity index is 1.53. The van der Waals surface area contributed by atoms with Crippen LogP contribution in [0.15, 0.2) is 41.7 Å². The molecule has 0 unspecified atom stereocenters. The molecule has 1 aliphatic carbocycles. The maximum atomic E-state index is 11.8. The first kappa shape index (κ1) is 20.2. The van der Waals surface area contributed by atoms with Gasteiger partial charge in [-0.05, 0) is 73.9 Å². The number of ether oxygens (including phenoxy) is 2. The van der Waals surface area contributed by atoms with Gasteiger partial charge in [-0.2, -0.15) is 0 Å². The molecule has 7 nitrogen and oxygen atoms in total. The van der Waals surface area contributed by atoms with Gasteiger partial charge in [0, 0.05) is 19.3 Å². The summed E-state index contributed by atoms with van der Waals surface area (Å²) in [4.78, 5) is 18.1. The van der Waals surface area contributed by atoms with Gasteiger partial charge in [-0.1, -0.05) is 11.2 Å². The van der Waals surface area contributed by atoms with E-state index >= 15 is 0 Å². The van der Waals surface area contributed by atoms with Gasteiger partial charge in [-0.15, -0.1) is 0 Å². The van der Waals surface area contributed by atoms with Crippen molar-refractivity contribution in [1.29, 1.82) is 0 Å². The number of nitrogens with zero attached hydrogens (tertiary/aromatic N) is 3. The number of esters is 1. The number of carbonyl (C=O) groups is 1. The largest absolute Gasteiger partial charge is 0.469 e. The second-order valence-corrected chi connectivity index (χ2v) is 7.80. The predicted octanol–water partition coefficient (Wildman–Crippen LogP) is 3.77. The topological polar surface area (TPSA) is 84.2 Å². The molecular formula is C23H27N3O4. The summed E-state index contributed by atoms with van der Waals surface area (Å²) in [7, 11) is 1.41. The molecule has 158 valence electrons. The van der Waals surface area contributed by atoms with E-state index in [-0.39, 0.29) is 11.9 Å². The Kier molecular flexibility index (Phi) is 6.16. The molecule has 1 aliphatic heterocycles. The number of fused-ring (bicyclic) bond motifs is 1. The van der Waals surface area contributed by atoms with Gasteiger partial charge in [-0.25, -0.2) is 4.98 Å². The minimum absolute atomic E-state index is 0.119. The number of benzene rings is 1. The molecule has 2 aliphatic rings. The van der Waals surface area contributed by atoms with Gasteiger partial charge in [0.2, 0.25) is 5.88 Å². The van der Waals surface area contributed by atoms with E-state index in [9.17, 15) is 10.0 Å². The quantitative estimate of drug-likeness (QED) is 0.272. The van der Waals surface area contributed by atoms with E-state index in [0.717, 1.165) is 18.6 Å². The standard InChI is InChI=1S/C23H27N3O4/c1-29-23(27)17-10-13-26(14-11-17)21(25-28)20-7-4-12-24-22(20)30-19-9-8-16-5-2-3-6-18(16)15-19/h4,7-9,12,15,17,28H,2-3,5-6,10-11,13-14H2,1H3/b25-21-. The van der Waals surface area contributed by atoms with Gasteiger partial charge in [-0.3, -0.25) is 4.79 Å². The number of piperidine rings is 1. The smallest absolute Gasteiger partial charge is 0.308 e. The Morgan fingerprint density at radius 2 is 1.93 bits per heavy atom. The van der Waals surface area contributed by atoms with Crippen LogP contribution in [0.3, 0.4) is 0 Å². The SMILES string of the molecule is COC(=O)C1CCN(/C(=N\O)c2cccnc2Oc2ccc3c(c2)CCCC3)CC1. The minimum atomic E-state index is -0.185. The molecule has 1 aromatic heterocycles. The van der Waals surface area contributed by atoms with Gasteiger partial charge >= 0.3 is 5.97 Å². The predicted molar refractivity (Wildman–Crippen MR) is 112 cm³/mol. The second kappa shape index (κ2) is 9.15. The van der Waals surface area contributed by atoms with E-state index in [1.54, 1.807) is 12.3 Å². The van der Waals surface area contributed by atoms with Crippen LogP contribution in [0, 0.1) is 5.92 Å². The van der Waals surface area contributed by atoms with Crippen LogP contribution in [0.25, 0.3) is 0 Å². The molecular weight excluding hydrogens is 382 g/mol. The van der Waals surface area contributed by atoms with Crippen molar-refractivity contribution in [3.05, 3.63) is 53.2 Å². The maximum Gasteiger partial charge on any atom is 0.308 e. The molecule has 2 aromatic rings. The third-order valence-electron chi connectivity index (χ3n) is 5.97. The summed E-state index contributed by atoms with van der Waals surface area (Å²) in [5.74, 6) is 1.23. The van der Waals surface area contributed by atoms with Crippen LogP contribution in [-0.2, 0) is 22.4 Å². The number of oxime groups is 1. The third-order valence-corrected chi connectivity index (χ3v) is 5.97. The lowest BCUT2D eigenvalue weighted by molar-refractivity contribution is -0.146. The van der Waals surface area contributed by atoms with Gasteiger partial charge < -0.3 is 19.6 Å². The molecule has 0 saturated carbocycles. The van der Waals surface area contributed by atoms with E-state index in [4.69, 9.17) is 9.47 Å². The fourth-order valence-electron chi connectivity index (χ4n) is 4.31. The first-order valence-electron chi connectivity index (χ1n) is 10.5. The van der Waals surface area contributed by atoms with Crippen molar-refractivity contribution in [2.75, 3.05) is 20.2 Å². The number of amidine groups is 1. The van der Waals surface area contributed by atoms with Crippen LogP contribution in [0.5, 0.6) is 11.6 Å². The monoisotopic (exact) mass is 409 g/mol. The van der Waals surface area contributed by atoms with Crippen molar-refractivity contribution in [2.45, 2.75) is 38.5 Å². The lowest BCUT2D eigenvalue weighted by Gasteiger charge is -2.32. The number of hydrogen-bond donors (Lipinski definition) is 1. The molecule has 1 N–H and O–H groups in total. The molecule has 1 fully saturated rings. The zero-order chi connectivity index (χ0) is 20.9. The van der Waals surface area contributed by atoms with Crippen molar-refractivity contribution < 1.29 is 19.5 Å².